The lowest BCUT2D eigenvalue weighted by Gasteiger charge is -2.43. The standard InChI is InChI=1S/C33H47NO5/c1-11-32(12-2,25-15-17-27(22(5)19-25)30(38)34(10)20-28(35)36)24-14-16-26(21(4)18-24)29(37)23(6)33(39,13-3)31(7,8)9/h14-19,23,39H,11-13,20H2,1-10H3,(H,35,36). The van der Waals surface area contributed by atoms with Gasteiger partial charge in [-0.1, -0.05) is 78.8 Å². The highest BCUT2D eigenvalue weighted by atomic mass is 16.4. The molecular weight excluding hydrogens is 490 g/mol. The van der Waals surface area contributed by atoms with E-state index < -0.39 is 22.9 Å². The van der Waals surface area contributed by atoms with Crippen molar-refractivity contribution in [1.29, 1.82) is 0 Å². The van der Waals surface area contributed by atoms with Crippen LogP contribution in [0.2, 0.25) is 0 Å². The summed E-state index contributed by atoms with van der Waals surface area (Å²) in [6, 6.07) is 11.8. The highest BCUT2D eigenvalue weighted by Gasteiger charge is 2.46. The quantitative estimate of drug-likeness (QED) is 0.316. The number of carboxylic acids is 1. The number of aryl methyl sites for hydroxylation is 2. The van der Waals surface area contributed by atoms with Gasteiger partial charge >= 0.3 is 5.97 Å². The van der Waals surface area contributed by atoms with Crippen molar-refractivity contribution in [3.63, 3.8) is 0 Å². The number of ketones is 1. The van der Waals surface area contributed by atoms with Crippen LogP contribution in [0.25, 0.3) is 0 Å². The average Bonchev–Trinajstić information content (AvgIpc) is 2.87. The molecule has 0 bridgehead atoms. The average molecular weight is 538 g/mol. The van der Waals surface area contributed by atoms with E-state index in [0.29, 0.717) is 17.5 Å². The molecule has 6 nitrogen and oxygen atoms in total. The molecule has 0 radical (unpaired) electrons. The molecule has 0 aliphatic carbocycles. The van der Waals surface area contributed by atoms with E-state index >= 15 is 0 Å². The van der Waals surface area contributed by atoms with Crippen LogP contribution in [-0.4, -0.2) is 52.0 Å². The van der Waals surface area contributed by atoms with Crippen LogP contribution < -0.4 is 0 Å². The van der Waals surface area contributed by atoms with E-state index in [9.17, 15) is 19.5 Å². The van der Waals surface area contributed by atoms with Crippen molar-refractivity contribution in [3.8, 4) is 0 Å². The van der Waals surface area contributed by atoms with Crippen molar-refractivity contribution in [1.82, 2.24) is 4.90 Å². The molecule has 0 spiro atoms. The Bertz CT molecular complexity index is 1220. The highest BCUT2D eigenvalue weighted by molar-refractivity contribution is 6.00. The Morgan fingerprint density at radius 3 is 1.67 bits per heavy atom. The maximum Gasteiger partial charge on any atom is 0.323 e. The fourth-order valence-electron chi connectivity index (χ4n) is 6.09. The Morgan fingerprint density at radius 2 is 1.31 bits per heavy atom. The van der Waals surface area contributed by atoms with Crippen LogP contribution in [0, 0.1) is 25.2 Å². The van der Waals surface area contributed by atoms with Gasteiger partial charge in [0.1, 0.15) is 6.54 Å². The van der Waals surface area contributed by atoms with Crippen molar-refractivity contribution in [2.45, 2.75) is 92.6 Å². The van der Waals surface area contributed by atoms with Gasteiger partial charge in [0.05, 0.1) is 5.60 Å². The van der Waals surface area contributed by atoms with Crippen LogP contribution in [0.5, 0.6) is 0 Å². The monoisotopic (exact) mass is 537 g/mol. The molecule has 0 aromatic heterocycles. The molecule has 0 heterocycles. The predicted octanol–water partition coefficient (Wildman–Crippen LogP) is 6.57. The summed E-state index contributed by atoms with van der Waals surface area (Å²) >= 11 is 0. The van der Waals surface area contributed by atoms with Crippen LogP contribution >= 0.6 is 0 Å². The van der Waals surface area contributed by atoms with E-state index in [-0.39, 0.29) is 23.7 Å². The minimum Gasteiger partial charge on any atom is -0.480 e. The van der Waals surface area contributed by atoms with E-state index in [4.69, 9.17) is 5.11 Å². The summed E-state index contributed by atoms with van der Waals surface area (Å²) in [6.45, 7) is 17.4. The first kappa shape index (κ1) is 32.2. The van der Waals surface area contributed by atoms with Crippen LogP contribution in [-0.2, 0) is 10.2 Å². The van der Waals surface area contributed by atoms with Crippen LogP contribution in [0.1, 0.15) is 111 Å². The lowest BCUT2D eigenvalue weighted by Crippen LogP contribution is -2.50. The Hall–Kier alpha value is -2.99. The zero-order chi connectivity index (χ0) is 29.9. The van der Waals surface area contributed by atoms with Gasteiger partial charge in [0.2, 0.25) is 0 Å². The molecule has 214 valence electrons. The number of rotatable bonds is 11. The van der Waals surface area contributed by atoms with Gasteiger partial charge in [-0.3, -0.25) is 14.4 Å². The van der Waals surface area contributed by atoms with Crippen LogP contribution in [0.3, 0.4) is 0 Å². The molecule has 39 heavy (non-hydrogen) atoms. The second kappa shape index (κ2) is 12.0. The van der Waals surface area contributed by atoms with Crippen molar-refractivity contribution in [3.05, 3.63) is 69.8 Å². The molecule has 2 aromatic rings. The topological polar surface area (TPSA) is 94.9 Å². The molecule has 2 rings (SSSR count). The van der Waals surface area contributed by atoms with Gasteiger partial charge in [-0.15, -0.1) is 0 Å². The Kier molecular flexibility index (Phi) is 9.94. The molecule has 0 fully saturated rings. The number of amides is 1. The van der Waals surface area contributed by atoms with Gasteiger partial charge in [0.15, 0.2) is 5.78 Å². The number of nitrogens with zero attached hydrogens (tertiary/aromatic N) is 1. The summed E-state index contributed by atoms with van der Waals surface area (Å²) < 4.78 is 0. The number of hydrogen-bond acceptors (Lipinski definition) is 4. The number of aliphatic carboxylic acids is 1. The number of aliphatic hydroxyl groups is 1. The lowest BCUT2D eigenvalue weighted by atomic mass is 9.65. The molecule has 0 saturated heterocycles. The minimum atomic E-state index is -1.12. The maximum atomic E-state index is 13.6. The largest absolute Gasteiger partial charge is 0.480 e. The molecule has 2 unspecified atom stereocenters. The SMILES string of the molecule is CCC(CC)(c1ccc(C(=O)C(C)C(O)(CC)C(C)(C)C)c(C)c1)c1ccc(C(=O)N(C)CC(=O)O)c(C)c1. The number of likely N-dealkylation sites (N-methyl/N-ethyl adjacent to an activating group) is 1. The van der Waals surface area contributed by atoms with Crippen molar-refractivity contribution >= 4 is 17.7 Å². The number of carbonyl (C=O) groups is 3. The van der Waals surface area contributed by atoms with Crippen LogP contribution in [0.15, 0.2) is 36.4 Å². The summed E-state index contributed by atoms with van der Waals surface area (Å²) in [7, 11) is 1.49. The number of carbonyl (C=O) groups excluding carboxylic acids is 2. The predicted molar refractivity (Wildman–Crippen MR) is 157 cm³/mol. The van der Waals surface area contributed by atoms with E-state index in [1.165, 1.54) is 11.9 Å². The third-order valence-electron chi connectivity index (χ3n) is 8.93. The summed E-state index contributed by atoms with van der Waals surface area (Å²) in [6.07, 6.45) is 2.12. The summed E-state index contributed by atoms with van der Waals surface area (Å²) in [5.41, 5.74) is 3.05. The molecule has 2 aromatic carbocycles. The maximum absolute atomic E-state index is 13.6. The van der Waals surface area contributed by atoms with Crippen molar-refractivity contribution in [2.24, 2.45) is 11.3 Å². The molecule has 1 amide bonds. The van der Waals surface area contributed by atoms with Gasteiger partial charge in [0, 0.05) is 29.5 Å². The fourth-order valence-corrected chi connectivity index (χ4v) is 6.09. The first-order valence-electron chi connectivity index (χ1n) is 14.0. The summed E-state index contributed by atoms with van der Waals surface area (Å²) in [5.74, 6) is -1.99. The second-order valence-corrected chi connectivity index (χ2v) is 12.0. The molecule has 2 atom stereocenters. The Balaban J connectivity index is 2.52. The van der Waals surface area contributed by atoms with Gasteiger partial charge in [-0.25, -0.2) is 0 Å². The van der Waals surface area contributed by atoms with Gasteiger partial charge in [0.25, 0.3) is 5.91 Å². The Labute approximate surface area is 234 Å². The smallest absolute Gasteiger partial charge is 0.323 e. The number of Topliss-reactive ketones (excluding diaryl/α,β-unsaturated/α-hetero) is 1. The highest BCUT2D eigenvalue weighted by Crippen LogP contribution is 2.43. The van der Waals surface area contributed by atoms with Crippen molar-refractivity contribution < 1.29 is 24.6 Å². The molecule has 6 heteroatoms. The summed E-state index contributed by atoms with van der Waals surface area (Å²) in [4.78, 5) is 38.7. The van der Waals surface area contributed by atoms with Gasteiger partial charge in [-0.05, 0) is 66.8 Å². The van der Waals surface area contributed by atoms with E-state index in [1.54, 1.807) is 6.07 Å². The molecule has 0 saturated carbocycles. The first-order valence-corrected chi connectivity index (χ1v) is 14.0. The Morgan fingerprint density at radius 1 is 0.846 bits per heavy atom. The number of benzene rings is 2. The van der Waals surface area contributed by atoms with E-state index in [1.807, 2.05) is 72.7 Å². The normalized spacial score (nSPS) is 14.4. The molecule has 0 aliphatic heterocycles. The lowest BCUT2D eigenvalue weighted by molar-refractivity contribution is -0.137. The van der Waals surface area contributed by atoms with Crippen LogP contribution in [0.4, 0.5) is 0 Å². The minimum absolute atomic E-state index is 0.0545. The zero-order valence-corrected chi connectivity index (χ0v) is 25.4. The van der Waals surface area contributed by atoms with E-state index in [0.717, 1.165) is 35.1 Å². The molecule has 2 N–H and O–H groups in total. The van der Waals surface area contributed by atoms with Crippen molar-refractivity contribution in [2.75, 3.05) is 13.6 Å². The third-order valence-corrected chi connectivity index (χ3v) is 8.93. The molecule has 0 aliphatic rings. The third kappa shape index (κ3) is 6.11. The summed E-state index contributed by atoms with van der Waals surface area (Å²) in [5, 5.41) is 20.5. The number of carboxylic acid groups (broad SMARTS) is 1. The second-order valence-electron chi connectivity index (χ2n) is 12.0. The number of hydrogen-bond donors (Lipinski definition) is 2. The first-order chi connectivity index (χ1) is 18.0. The van der Waals surface area contributed by atoms with Gasteiger partial charge < -0.3 is 15.1 Å². The van der Waals surface area contributed by atoms with Gasteiger partial charge in [-0.2, -0.15) is 0 Å². The van der Waals surface area contributed by atoms with E-state index in [2.05, 4.69) is 19.9 Å². The fraction of sp³-hybridized carbons (Fsp3) is 0.545. The molecular formula is C33H47NO5. The zero-order valence-electron chi connectivity index (χ0n) is 25.4.